The van der Waals surface area contributed by atoms with Gasteiger partial charge in [0.1, 0.15) is 5.69 Å². The monoisotopic (exact) mass is 261 g/mol. The van der Waals surface area contributed by atoms with Crippen molar-refractivity contribution in [3.8, 4) is 5.69 Å². The quantitative estimate of drug-likeness (QED) is 0.791. The first-order chi connectivity index (χ1) is 9.16. The number of nitrogen functional groups attached to an aromatic ring is 1. The molecule has 2 aromatic rings. The molecule has 0 fully saturated rings. The Labute approximate surface area is 111 Å². The molecule has 0 saturated carbocycles. The van der Waals surface area contributed by atoms with Crippen LogP contribution in [0.4, 0.5) is 5.69 Å². The average Bonchev–Trinajstić information content (AvgIpc) is 2.64. The maximum atomic E-state index is 12.2. The lowest BCUT2D eigenvalue weighted by molar-refractivity contribution is 0.284. The van der Waals surface area contributed by atoms with Crippen LogP contribution >= 0.6 is 0 Å². The first-order valence-electron chi connectivity index (χ1n) is 6.39. The van der Waals surface area contributed by atoms with Crippen LogP contribution in [0, 0.1) is 0 Å². The van der Waals surface area contributed by atoms with Crippen molar-refractivity contribution < 1.29 is 5.11 Å². The van der Waals surface area contributed by atoms with Crippen molar-refractivity contribution in [2.45, 2.75) is 19.3 Å². The molecule has 0 spiro atoms. The number of unbranched alkanes of at least 4 members (excludes halogenated alkanes) is 1. The van der Waals surface area contributed by atoms with Crippen molar-refractivity contribution >= 4 is 5.69 Å². The van der Waals surface area contributed by atoms with Crippen LogP contribution < -0.4 is 11.3 Å². The van der Waals surface area contributed by atoms with Gasteiger partial charge in [-0.25, -0.2) is 4.68 Å². The van der Waals surface area contributed by atoms with E-state index in [-0.39, 0.29) is 12.2 Å². The number of hydrogen-bond acceptors (Lipinski definition) is 3. The Morgan fingerprint density at radius 2 is 1.89 bits per heavy atom. The molecule has 102 valence electrons. The molecule has 0 amide bonds. The number of hydrogen-bond donors (Lipinski definition) is 2. The van der Waals surface area contributed by atoms with Crippen molar-refractivity contribution in [3.05, 3.63) is 46.4 Å². The summed E-state index contributed by atoms with van der Waals surface area (Å²) in [5.41, 5.74) is 7.64. The molecule has 0 aliphatic heterocycles. The largest absolute Gasteiger partial charge is 0.396 e. The number of nitrogens with two attached hydrogens (primary N) is 1. The third-order valence-corrected chi connectivity index (χ3v) is 3.25. The number of aliphatic hydroxyl groups excluding tert-OH is 1. The molecule has 2 rings (SSSR count). The highest BCUT2D eigenvalue weighted by Crippen LogP contribution is 2.14. The molecule has 0 atom stereocenters. The predicted molar refractivity (Wildman–Crippen MR) is 75.4 cm³/mol. The van der Waals surface area contributed by atoms with Gasteiger partial charge in [-0.3, -0.25) is 9.48 Å². The fraction of sp³-hybridized carbons (Fsp3) is 0.357. The van der Waals surface area contributed by atoms with Crippen LogP contribution in [0.1, 0.15) is 18.5 Å². The van der Waals surface area contributed by atoms with Gasteiger partial charge >= 0.3 is 0 Å². The van der Waals surface area contributed by atoms with Crippen LogP contribution in [-0.4, -0.2) is 21.1 Å². The Kier molecular flexibility index (Phi) is 4.06. The van der Waals surface area contributed by atoms with E-state index in [1.54, 1.807) is 9.36 Å². The molecule has 0 radical (unpaired) electrons. The number of nitrogens with zero attached hydrogens (tertiary/aromatic N) is 2. The second kappa shape index (κ2) is 5.75. The van der Waals surface area contributed by atoms with Crippen LogP contribution in [0.25, 0.3) is 5.69 Å². The van der Waals surface area contributed by atoms with Crippen LogP contribution in [0.3, 0.4) is 0 Å². The van der Waals surface area contributed by atoms with Crippen LogP contribution in [-0.2, 0) is 13.5 Å². The predicted octanol–water partition coefficient (Wildman–Crippen LogP) is 1.07. The summed E-state index contributed by atoms with van der Waals surface area (Å²) in [5, 5.41) is 8.82. The van der Waals surface area contributed by atoms with E-state index >= 15 is 0 Å². The minimum atomic E-state index is -0.187. The second-order valence-electron chi connectivity index (χ2n) is 4.52. The highest BCUT2D eigenvalue weighted by Gasteiger charge is 2.15. The molecule has 0 aliphatic carbocycles. The summed E-state index contributed by atoms with van der Waals surface area (Å²) >= 11 is 0. The van der Waals surface area contributed by atoms with E-state index in [9.17, 15) is 4.79 Å². The van der Waals surface area contributed by atoms with E-state index in [2.05, 4.69) is 0 Å². The molecular weight excluding hydrogens is 242 g/mol. The maximum Gasteiger partial charge on any atom is 0.294 e. The number of rotatable bonds is 5. The third-order valence-electron chi connectivity index (χ3n) is 3.25. The number of benzene rings is 1. The molecule has 3 N–H and O–H groups in total. The fourth-order valence-electron chi connectivity index (χ4n) is 2.23. The zero-order valence-corrected chi connectivity index (χ0v) is 11.0. The Hall–Kier alpha value is -2.01. The third kappa shape index (κ3) is 2.56. The van der Waals surface area contributed by atoms with E-state index < -0.39 is 0 Å². The zero-order valence-electron chi connectivity index (χ0n) is 11.0. The van der Waals surface area contributed by atoms with E-state index in [4.69, 9.17) is 10.8 Å². The van der Waals surface area contributed by atoms with Gasteiger partial charge in [0.05, 0.1) is 11.4 Å². The Morgan fingerprint density at radius 3 is 2.53 bits per heavy atom. The molecule has 0 unspecified atom stereocenters. The molecule has 0 saturated heterocycles. The summed E-state index contributed by atoms with van der Waals surface area (Å²) in [5.74, 6) is 0. The summed E-state index contributed by atoms with van der Waals surface area (Å²) < 4.78 is 3.37. The van der Waals surface area contributed by atoms with Crippen molar-refractivity contribution in [2.75, 3.05) is 12.3 Å². The van der Waals surface area contributed by atoms with Gasteiger partial charge in [-0.1, -0.05) is 18.2 Å². The minimum absolute atomic E-state index is 0.160. The fourth-order valence-corrected chi connectivity index (χ4v) is 2.23. The molecule has 1 aromatic carbocycles. The lowest BCUT2D eigenvalue weighted by Gasteiger charge is -2.09. The van der Waals surface area contributed by atoms with E-state index in [0.717, 1.165) is 17.8 Å². The Balaban J connectivity index is 2.41. The van der Waals surface area contributed by atoms with Gasteiger partial charge < -0.3 is 10.8 Å². The summed E-state index contributed by atoms with van der Waals surface area (Å²) in [7, 11) is 1.83. The highest BCUT2D eigenvalue weighted by atomic mass is 16.2. The molecule has 1 aromatic heterocycles. The average molecular weight is 261 g/mol. The van der Waals surface area contributed by atoms with Crippen molar-refractivity contribution in [1.82, 2.24) is 9.36 Å². The molecular formula is C14H19N3O2. The molecule has 19 heavy (non-hydrogen) atoms. The van der Waals surface area contributed by atoms with Gasteiger partial charge in [0.2, 0.25) is 0 Å². The summed E-state index contributed by atoms with van der Waals surface area (Å²) in [6.45, 7) is 0.160. The van der Waals surface area contributed by atoms with Crippen molar-refractivity contribution in [1.29, 1.82) is 0 Å². The van der Waals surface area contributed by atoms with Gasteiger partial charge in [-0.15, -0.1) is 0 Å². The SMILES string of the molecule is Cn1c(CCCCO)c(N)c(=O)n1-c1ccccc1. The lowest BCUT2D eigenvalue weighted by atomic mass is 10.2. The number of aliphatic hydroxyl groups is 1. The summed E-state index contributed by atoms with van der Waals surface area (Å²) in [4.78, 5) is 12.2. The minimum Gasteiger partial charge on any atom is -0.396 e. The smallest absolute Gasteiger partial charge is 0.294 e. The summed E-state index contributed by atoms with van der Waals surface area (Å²) in [6, 6.07) is 9.42. The van der Waals surface area contributed by atoms with Crippen molar-refractivity contribution in [3.63, 3.8) is 0 Å². The van der Waals surface area contributed by atoms with E-state index in [0.29, 0.717) is 18.5 Å². The number of para-hydroxylation sites is 1. The van der Waals surface area contributed by atoms with Crippen molar-refractivity contribution in [2.24, 2.45) is 7.05 Å². The molecule has 5 nitrogen and oxygen atoms in total. The van der Waals surface area contributed by atoms with Crippen LogP contribution in [0.15, 0.2) is 35.1 Å². The van der Waals surface area contributed by atoms with Gasteiger partial charge in [0.15, 0.2) is 0 Å². The lowest BCUT2D eigenvalue weighted by Crippen LogP contribution is -2.20. The Morgan fingerprint density at radius 1 is 1.21 bits per heavy atom. The molecule has 0 bridgehead atoms. The number of aromatic nitrogens is 2. The maximum absolute atomic E-state index is 12.2. The van der Waals surface area contributed by atoms with Crippen LogP contribution in [0.2, 0.25) is 0 Å². The van der Waals surface area contributed by atoms with Gasteiger partial charge in [0, 0.05) is 13.7 Å². The standard InChI is InChI=1S/C14H19N3O2/c1-16-12(9-5-6-10-18)13(15)14(19)17(16)11-7-3-2-4-8-11/h2-4,7-8,18H,5-6,9-10,15H2,1H3. The number of anilines is 1. The first-order valence-corrected chi connectivity index (χ1v) is 6.39. The Bertz CT molecular complexity index is 599. The summed E-state index contributed by atoms with van der Waals surface area (Å²) in [6.07, 6.45) is 2.22. The van der Waals surface area contributed by atoms with Gasteiger partial charge in [0.25, 0.3) is 5.56 Å². The molecule has 1 heterocycles. The van der Waals surface area contributed by atoms with Gasteiger partial charge in [-0.05, 0) is 31.4 Å². The topological polar surface area (TPSA) is 73.2 Å². The van der Waals surface area contributed by atoms with Crippen LogP contribution in [0.5, 0.6) is 0 Å². The normalized spacial score (nSPS) is 10.8. The van der Waals surface area contributed by atoms with Gasteiger partial charge in [-0.2, -0.15) is 0 Å². The highest BCUT2D eigenvalue weighted by molar-refractivity contribution is 5.45. The second-order valence-corrected chi connectivity index (χ2v) is 4.52. The molecule has 0 aliphatic rings. The molecule has 5 heteroatoms. The zero-order chi connectivity index (χ0) is 13.8. The van der Waals surface area contributed by atoms with E-state index in [1.807, 2.05) is 37.4 Å². The van der Waals surface area contributed by atoms with E-state index in [1.165, 1.54) is 0 Å². The first kappa shape index (κ1) is 13.4.